The van der Waals surface area contributed by atoms with E-state index in [2.05, 4.69) is 10.6 Å². The predicted octanol–water partition coefficient (Wildman–Crippen LogP) is 5.64. The highest BCUT2D eigenvalue weighted by atomic mass is 35.5. The highest BCUT2D eigenvalue weighted by molar-refractivity contribution is 6.30. The molecule has 0 aliphatic carbocycles. The maximum Gasteiger partial charge on any atom is 0.239 e. The van der Waals surface area contributed by atoms with Crippen LogP contribution in [0.25, 0.3) is 0 Å². The Bertz CT molecular complexity index is 1600. The van der Waals surface area contributed by atoms with Gasteiger partial charge in [0.2, 0.25) is 23.6 Å². The molecule has 10 heteroatoms. The zero-order valence-corrected chi connectivity index (χ0v) is 28.0. The average Bonchev–Trinajstić information content (AvgIpc) is 3.11. The van der Waals surface area contributed by atoms with E-state index in [4.69, 9.17) is 23.2 Å². The number of amides is 4. The molecular weight excluding hydrogens is 647 g/mol. The fourth-order valence-electron chi connectivity index (χ4n) is 5.93. The Morgan fingerprint density at radius 1 is 0.542 bits per heavy atom. The summed E-state index contributed by atoms with van der Waals surface area (Å²) in [4.78, 5) is 51.7. The number of halogens is 2. The Morgan fingerprint density at radius 2 is 0.875 bits per heavy atom. The minimum absolute atomic E-state index is 0.00916. The average molecular weight is 686 g/mol. The van der Waals surface area contributed by atoms with Gasteiger partial charge in [-0.05, 0) is 46.5 Å². The van der Waals surface area contributed by atoms with Crippen LogP contribution in [0.5, 0.6) is 0 Å². The summed E-state index contributed by atoms with van der Waals surface area (Å²) in [7, 11) is 0. The molecule has 4 amide bonds. The standard InChI is InChI=1S/C19H18Cl2N2O2.C19H20N2O2/c20-15-5-1-13(2-6-15)17(14-3-7-16(21)8-4-14)11-19(25)23-10-9-22-18(24)12-23;22-18-14-21(12-11-20-18)19(23)13-17(15-7-3-1-4-8-15)16-9-5-2-6-10-16/h1-8,17H,9-12H2,(H,22,24);1-10,17H,11-14H2,(H,20,22). The van der Waals surface area contributed by atoms with E-state index in [1.54, 1.807) is 9.80 Å². The summed E-state index contributed by atoms with van der Waals surface area (Å²) >= 11 is 12.0. The molecule has 8 nitrogen and oxygen atoms in total. The summed E-state index contributed by atoms with van der Waals surface area (Å²) in [5.74, 6) is -0.320. The van der Waals surface area contributed by atoms with Gasteiger partial charge in [0.25, 0.3) is 0 Å². The monoisotopic (exact) mass is 684 g/mol. The molecule has 0 radical (unpaired) electrons. The molecule has 0 bridgehead atoms. The molecule has 2 heterocycles. The second-order valence-electron chi connectivity index (χ2n) is 11.8. The first-order valence-electron chi connectivity index (χ1n) is 16.0. The van der Waals surface area contributed by atoms with Crippen molar-refractivity contribution in [2.24, 2.45) is 0 Å². The van der Waals surface area contributed by atoms with Gasteiger partial charge in [0.15, 0.2) is 0 Å². The second kappa shape index (κ2) is 16.9. The van der Waals surface area contributed by atoms with E-state index in [1.807, 2.05) is 109 Å². The molecule has 2 N–H and O–H groups in total. The summed E-state index contributed by atoms with van der Waals surface area (Å²) in [5, 5.41) is 6.79. The van der Waals surface area contributed by atoms with Crippen LogP contribution >= 0.6 is 23.2 Å². The first-order valence-corrected chi connectivity index (χ1v) is 16.7. The van der Waals surface area contributed by atoms with Crippen molar-refractivity contribution in [3.63, 3.8) is 0 Å². The number of piperazine rings is 2. The highest BCUT2D eigenvalue weighted by Gasteiger charge is 2.27. The quantitative estimate of drug-likeness (QED) is 0.251. The van der Waals surface area contributed by atoms with E-state index >= 15 is 0 Å². The van der Waals surface area contributed by atoms with Crippen molar-refractivity contribution < 1.29 is 19.2 Å². The molecule has 48 heavy (non-hydrogen) atoms. The lowest BCUT2D eigenvalue weighted by Gasteiger charge is -2.28. The molecular formula is C38H38Cl2N4O4. The number of hydrogen-bond donors (Lipinski definition) is 2. The number of hydrogen-bond acceptors (Lipinski definition) is 4. The first kappa shape index (κ1) is 34.7. The van der Waals surface area contributed by atoms with Crippen LogP contribution in [0.3, 0.4) is 0 Å². The lowest BCUT2D eigenvalue weighted by Crippen LogP contribution is -2.50. The van der Waals surface area contributed by atoms with Crippen LogP contribution in [-0.4, -0.2) is 72.7 Å². The number of carbonyl (C=O) groups excluding carboxylic acids is 4. The van der Waals surface area contributed by atoms with Crippen LogP contribution < -0.4 is 10.6 Å². The summed E-state index contributed by atoms with van der Waals surface area (Å²) in [5.41, 5.74) is 4.24. The molecule has 2 aliphatic heterocycles. The van der Waals surface area contributed by atoms with Gasteiger partial charge in [0, 0.05) is 60.9 Å². The number of benzene rings is 4. The smallest absolute Gasteiger partial charge is 0.239 e. The highest BCUT2D eigenvalue weighted by Crippen LogP contribution is 2.31. The van der Waals surface area contributed by atoms with Gasteiger partial charge < -0.3 is 20.4 Å². The third kappa shape index (κ3) is 9.69. The molecule has 2 fully saturated rings. The normalized spacial score (nSPS) is 14.6. The number of nitrogens with one attached hydrogen (secondary N) is 2. The molecule has 4 aromatic carbocycles. The summed E-state index contributed by atoms with van der Waals surface area (Å²) in [6, 6.07) is 35.1. The van der Waals surface area contributed by atoms with Gasteiger partial charge in [-0.2, -0.15) is 0 Å². The molecule has 0 atom stereocenters. The Balaban J connectivity index is 0.000000188. The largest absolute Gasteiger partial charge is 0.353 e. The molecule has 6 rings (SSSR count). The SMILES string of the molecule is O=C1CN(C(=O)CC(c2ccc(Cl)cc2)c2ccc(Cl)cc2)CCN1.O=C1CN(C(=O)CC(c2ccccc2)c2ccccc2)CCN1. The van der Waals surface area contributed by atoms with Crippen molar-refractivity contribution >= 4 is 46.8 Å². The van der Waals surface area contributed by atoms with Crippen molar-refractivity contribution in [3.8, 4) is 0 Å². The fourth-order valence-corrected chi connectivity index (χ4v) is 6.18. The maximum absolute atomic E-state index is 12.7. The molecule has 0 saturated carbocycles. The Labute approximate surface area is 291 Å². The molecule has 0 aromatic heterocycles. The second-order valence-corrected chi connectivity index (χ2v) is 12.6. The summed E-state index contributed by atoms with van der Waals surface area (Å²) in [6.07, 6.45) is 0.665. The zero-order valence-electron chi connectivity index (χ0n) is 26.5. The topological polar surface area (TPSA) is 98.8 Å². The third-order valence-electron chi connectivity index (χ3n) is 8.49. The molecule has 0 unspecified atom stereocenters. The van der Waals surface area contributed by atoms with Crippen LogP contribution in [0.1, 0.15) is 46.9 Å². The minimum atomic E-state index is -0.118. The van der Waals surface area contributed by atoms with Crippen molar-refractivity contribution in [2.45, 2.75) is 24.7 Å². The fraction of sp³-hybridized carbons (Fsp3) is 0.263. The van der Waals surface area contributed by atoms with Gasteiger partial charge in [-0.1, -0.05) is 108 Å². The van der Waals surface area contributed by atoms with E-state index in [9.17, 15) is 19.2 Å². The maximum atomic E-state index is 12.7. The van der Waals surface area contributed by atoms with Gasteiger partial charge in [-0.25, -0.2) is 0 Å². The van der Waals surface area contributed by atoms with Crippen LogP contribution in [-0.2, 0) is 19.2 Å². The lowest BCUT2D eigenvalue weighted by molar-refractivity contribution is -0.138. The Hall–Kier alpha value is -4.66. The Kier molecular flexibility index (Phi) is 12.2. The Morgan fingerprint density at radius 3 is 1.21 bits per heavy atom. The molecule has 2 aliphatic rings. The van der Waals surface area contributed by atoms with E-state index in [0.717, 1.165) is 22.3 Å². The van der Waals surface area contributed by atoms with E-state index in [-0.39, 0.29) is 55.0 Å². The van der Waals surface area contributed by atoms with Crippen molar-refractivity contribution in [2.75, 3.05) is 39.3 Å². The van der Waals surface area contributed by atoms with Crippen LogP contribution in [0, 0.1) is 0 Å². The van der Waals surface area contributed by atoms with E-state index in [0.29, 0.717) is 42.6 Å². The first-order chi connectivity index (χ1) is 23.3. The predicted molar refractivity (Wildman–Crippen MR) is 188 cm³/mol. The molecule has 248 valence electrons. The van der Waals surface area contributed by atoms with E-state index < -0.39 is 0 Å². The summed E-state index contributed by atoms with van der Waals surface area (Å²) in [6.45, 7) is 2.43. The molecule has 4 aromatic rings. The lowest BCUT2D eigenvalue weighted by atomic mass is 9.88. The molecule has 2 saturated heterocycles. The van der Waals surface area contributed by atoms with Gasteiger partial charge in [-0.15, -0.1) is 0 Å². The van der Waals surface area contributed by atoms with Crippen molar-refractivity contribution in [1.82, 2.24) is 20.4 Å². The van der Waals surface area contributed by atoms with Crippen LogP contribution in [0.15, 0.2) is 109 Å². The minimum Gasteiger partial charge on any atom is -0.353 e. The van der Waals surface area contributed by atoms with E-state index in [1.165, 1.54) is 0 Å². The van der Waals surface area contributed by atoms with Crippen LogP contribution in [0.2, 0.25) is 10.0 Å². The van der Waals surface area contributed by atoms with Gasteiger partial charge in [0.05, 0.1) is 13.1 Å². The number of rotatable bonds is 8. The number of nitrogens with zero attached hydrogens (tertiary/aromatic N) is 2. The number of carbonyl (C=O) groups is 4. The summed E-state index contributed by atoms with van der Waals surface area (Å²) < 4.78 is 0. The zero-order chi connectivity index (χ0) is 33.9. The van der Waals surface area contributed by atoms with Gasteiger partial charge in [-0.3, -0.25) is 19.2 Å². The van der Waals surface area contributed by atoms with Gasteiger partial charge in [0.1, 0.15) is 0 Å². The third-order valence-corrected chi connectivity index (χ3v) is 8.99. The van der Waals surface area contributed by atoms with Crippen molar-refractivity contribution in [3.05, 3.63) is 141 Å². The molecule has 0 spiro atoms. The van der Waals surface area contributed by atoms with Crippen molar-refractivity contribution in [1.29, 1.82) is 0 Å². The van der Waals surface area contributed by atoms with Gasteiger partial charge >= 0.3 is 0 Å². The van der Waals surface area contributed by atoms with Crippen LogP contribution in [0.4, 0.5) is 0 Å².